The second-order valence-corrected chi connectivity index (χ2v) is 7.07. The molecular formula is C20H20ClF3N2O. The van der Waals surface area contributed by atoms with E-state index in [1.54, 1.807) is 24.3 Å². The maximum absolute atomic E-state index is 13.1. The van der Waals surface area contributed by atoms with Crippen molar-refractivity contribution >= 4 is 28.9 Å². The summed E-state index contributed by atoms with van der Waals surface area (Å²) in [5, 5.41) is 3.23. The number of carbonyl (C=O) groups excluding carboxylic acids is 1. The molecule has 1 amide bonds. The van der Waals surface area contributed by atoms with Crippen molar-refractivity contribution in [3.05, 3.63) is 58.6 Å². The van der Waals surface area contributed by atoms with Crippen LogP contribution in [0.25, 0.3) is 0 Å². The predicted molar refractivity (Wildman–Crippen MR) is 101 cm³/mol. The number of hydrogen-bond donors (Lipinski definition) is 1. The van der Waals surface area contributed by atoms with E-state index < -0.39 is 11.7 Å². The summed E-state index contributed by atoms with van der Waals surface area (Å²) in [6, 6.07) is 10.3. The number of anilines is 2. The number of halogens is 4. The van der Waals surface area contributed by atoms with Crippen LogP contribution in [0.3, 0.4) is 0 Å². The van der Waals surface area contributed by atoms with Crippen molar-refractivity contribution in [2.24, 2.45) is 0 Å². The Bertz CT molecular complexity index is 800. The van der Waals surface area contributed by atoms with Crippen molar-refractivity contribution in [2.45, 2.75) is 31.9 Å². The molecule has 0 aliphatic carbocycles. The largest absolute Gasteiger partial charge is 0.416 e. The average Bonchev–Trinajstić information content (AvgIpc) is 2.63. The van der Waals surface area contributed by atoms with E-state index in [9.17, 15) is 18.0 Å². The first-order valence-electron chi connectivity index (χ1n) is 8.83. The van der Waals surface area contributed by atoms with Crippen LogP contribution in [0.5, 0.6) is 0 Å². The van der Waals surface area contributed by atoms with Gasteiger partial charge in [-0.1, -0.05) is 23.7 Å². The van der Waals surface area contributed by atoms with Crippen molar-refractivity contribution in [1.82, 2.24) is 0 Å². The molecule has 3 nitrogen and oxygen atoms in total. The Balaban J connectivity index is 1.83. The fourth-order valence-electron chi connectivity index (χ4n) is 3.21. The molecule has 1 heterocycles. The van der Waals surface area contributed by atoms with Gasteiger partial charge in [0.05, 0.1) is 23.4 Å². The van der Waals surface area contributed by atoms with Crippen molar-refractivity contribution in [1.29, 1.82) is 0 Å². The number of benzene rings is 2. The second-order valence-electron chi connectivity index (χ2n) is 6.63. The number of nitrogens with zero attached hydrogens (tertiary/aromatic N) is 1. The Morgan fingerprint density at radius 3 is 2.33 bits per heavy atom. The normalized spacial score (nSPS) is 14.9. The third kappa shape index (κ3) is 5.16. The van der Waals surface area contributed by atoms with Gasteiger partial charge in [0, 0.05) is 18.1 Å². The van der Waals surface area contributed by atoms with Crippen molar-refractivity contribution < 1.29 is 18.0 Å². The molecule has 1 aliphatic heterocycles. The van der Waals surface area contributed by atoms with E-state index in [0.717, 1.165) is 50.0 Å². The zero-order chi connectivity index (χ0) is 19.4. The van der Waals surface area contributed by atoms with Crippen LogP contribution in [0.2, 0.25) is 5.02 Å². The summed E-state index contributed by atoms with van der Waals surface area (Å²) >= 11 is 5.83. The molecule has 2 aromatic rings. The Morgan fingerprint density at radius 1 is 1.04 bits per heavy atom. The third-order valence-electron chi connectivity index (χ3n) is 4.57. The molecule has 0 spiro atoms. The molecule has 0 bridgehead atoms. The van der Waals surface area contributed by atoms with Gasteiger partial charge in [-0.25, -0.2) is 0 Å². The summed E-state index contributed by atoms with van der Waals surface area (Å²) < 4.78 is 39.4. The van der Waals surface area contributed by atoms with Gasteiger partial charge < -0.3 is 10.2 Å². The number of piperidine rings is 1. The van der Waals surface area contributed by atoms with Gasteiger partial charge in [0.2, 0.25) is 5.91 Å². The lowest BCUT2D eigenvalue weighted by Crippen LogP contribution is -2.30. The molecule has 2 aromatic carbocycles. The molecule has 0 unspecified atom stereocenters. The van der Waals surface area contributed by atoms with Gasteiger partial charge in [0.1, 0.15) is 0 Å². The number of rotatable bonds is 4. The Morgan fingerprint density at radius 2 is 1.70 bits per heavy atom. The van der Waals surface area contributed by atoms with Crippen LogP contribution in [0, 0.1) is 0 Å². The Labute approximate surface area is 161 Å². The van der Waals surface area contributed by atoms with E-state index in [1.165, 1.54) is 6.07 Å². The number of hydrogen-bond acceptors (Lipinski definition) is 2. The number of nitrogens with one attached hydrogen (secondary N) is 1. The number of alkyl halides is 3. The fourth-order valence-corrected chi connectivity index (χ4v) is 3.33. The van der Waals surface area contributed by atoms with Gasteiger partial charge >= 0.3 is 6.18 Å². The van der Waals surface area contributed by atoms with Gasteiger partial charge in [-0.2, -0.15) is 13.2 Å². The lowest BCUT2D eigenvalue weighted by molar-refractivity contribution is -0.137. The molecule has 0 radical (unpaired) electrons. The first kappa shape index (κ1) is 19.5. The Hall–Kier alpha value is -2.21. The highest BCUT2D eigenvalue weighted by molar-refractivity contribution is 6.30. The quantitative estimate of drug-likeness (QED) is 0.736. The maximum atomic E-state index is 13.1. The molecule has 27 heavy (non-hydrogen) atoms. The van der Waals surface area contributed by atoms with E-state index >= 15 is 0 Å². The van der Waals surface area contributed by atoms with Gasteiger partial charge in [-0.15, -0.1) is 0 Å². The lowest BCUT2D eigenvalue weighted by atomic mass is 10.1. The molecular weight excluding hydrogens is 377 g/mol. The summed E-state index contributed by atoms with van der Waals surface area (Å²) in [5.41, 5.74) is 0.797. The molecule has 0 atom stereocenters. The molecule has 1 N–H and O–H groups in total. The predicted octanol–water partition coefficient (Wildman–Crippen LogP) is 5.53. The third-order valence-corrected chi connectivity index (χ3v) is 4.82. The molecule has 1 aliphatic rings. The lowest BCUT2D eigenvalue weighted by Gasteiger charge is -2.31. The van der Waals surface area contributed by atoms with Gasteiger partial charge in [0.15, 0.2) is 0 Å². The minimum absolute atomic E-state index is 0.0624. The summed E-state index contributed by atoms with van der Waals surface area (Å²) in [7, 11) is 0. The van der Waals surface area contributed by atoms with Crippen LogP contribution in [-0.2, 0) is 17.4 Å². The highest BCUT2D eigenvalue weighted by Gasteiger charge is 2.31. The molecule has 7 heteroatoms. The molecule has 1 fully saturated rings. The van der Waals surface area contributed by atoms with Gasteiger partial charge in [0.25, 0.3) is 0 Å². The van der Waals surface area contributed by atoms with E-state index in [1.807, 2.05) is 4.90 Å². The van der Waals surface area contributed by atoms with E-state index in [4.69, 9.17) is 11.6 Å². The highest BCUT2D eigenvalue weighted by Crippen LogP contribution is 2.36. The molecule has 0 saturated carbocycles. The maximum Gasteiger partial charge on any atom is 0.416 e. The second kappa shape index (κ2) is 8.21. The Kier molecular flexibility index (Phi) is 5.95. The standard InChI is InChI=1S/C20H20ClF3N2O/c21-16-7-4-14(5-8-16)12-19(27)25-17-13-15(20(22,23)24)6-9-18(17)26-10-2-1-3-11-26/h4-9,13H,1-3,10-12H2,(H,25,27). The minimum Gasteiger partial charge on any atom is -0.370 e. The first-order chi connectivity index (χ1) is 12.8. The molecule has 3 rings (SSSR count). The van der Waals surface area contributed by atoms with E-state index in [0.29, 0.717) is 10.7 Å². The van der Waals surface area contributed by atoms with Crippen LogP contribution < -0.4 is 10.2 Å². The van der Waals surface area contributed by atoms with E-state index in [-0.39, 0.29) is 18.0 Å². The van der Waals surface area contributed by atoms with Crippen LogP contribution in [-0.4, -0.2) is 19.0 Å². The number of amides is 1. The smallest absolute Gasteiger partial charge is 0.370 e. The summed E-state index contributed by atoms with van der Waals surface area (Å²) in [5.74, 6) is -0.366. The number of carbonyl (C=O) groups is 1. The SMILES string of the molecule is O=C(Cc1ccc(Cl)cc1)Nc1cc(C(F)(F)F)ccc1N1CCCCC1. The zero-order valence-electron chi connectivity index (χ0n) is 14.7. The molecule has 0 aromatic heterocycles. The summed E-state index contributed by atoms with van der Waals surface area (Å²) in [4.78, 5) is 14.4. The van der Waals surface area contributed by atoms with Crippen molar-refractivity contribution in [2.75, 3.05) is 23.3 Å². The topological polar surface area (TPSA) is 32.3 Å². The minimum atomic E-state index is -4.46. The fraction of sp³-hybridized carbons (Fsp3) is 0.350. The van der Waals surface area contributed by atoms with Crippen LogP contribution in [0.15, 0.2) is 42.5 Å². The summed E-state index contributed by atoms with van der Waals surface area (Å²) in [6.45, 7) is 1.54. The average molecular weight is 397 g/mol. The molecule has 1 saturated heterocycles. The van der Waals surface area contributed by atoms with Crippen LogP contribution >= 0.6 is 11.6 Å². The van der Waals surface area contributed by atoms with E-state index in [2.05, 4.69) is 5.32 Å². The monoisotopic (exact) mass is 396 g/mol. The molecule has 144 valence electrons. The van der Waals surface area contributed by atoms with Gasteiger partial charge in [-0.05, 0) is 55.2 Å². The summed E-state index contributed by atoms with van der Waals surface area (Å²) in [6.07, 6.45) is -1.32. The zero-order valence-corrected chi connectivity index (χ0v) is 15.4. The first-order valence-corrected chi connectivity index (χ1v) is 9.21. The van der Waals surface area contributed by atoms with Gasteiger partial charge in [-0.3, -0.25) is 4.79 Å². The van der Waals surface area contributed by atoms with Crippen molar-refractivity contribution in [3.63, 3.8) is 0 Å². The van der Waals surface area contributed by atoms with Crippen LogP contribution in [0.4, 0.5) is 24.5 Å². The van der Waals surface area contributed by atoms with Crippen LogP contribution in [0.1, 0.15) is 30.4 Å². The highest BCUT2D eigenvalue weighted by atomic mass is 35.5. The van der Waals surface area contributed by atoms with Crippen molar-refractivity contribution in [3.8, 4) is 0 Å².